The first-order chi connectivity index (χ1) is 5.57. The van der Waals surface area contributed by atoms with Crippen molar-refractivity contribution in [1.82, 2.24) is 0 Å². The molecule has 0 aromatic heterocycles. The number of ether oxygens (including phenoxy) is 1. The first-order valence-corrected chi connectivity index (χ1v) is 3.64. The van der Waals surface area contributed by atoms with Crippen molar-refractivity contribution in [1.29, 1.82) is 0 Å². The molecule has 6 N–H and O–H groups in total. The van der Waals surface area contributed by atoms with Crippen LogP contribution in [-0.2, 0) is 4.74 Å². The zero-order chi connectivity index (χ0) is 9.30. The number of hydrogen-bond acceptors (Lipinski definition) is 6. The predicted octanol–water partition coefficient (Wildman–Crippen LogP) is -3.25. The highest BCUT2D eigenvalue weighted by Crippen LogP contribution is 2.17. The van der Waals surface area contributed by atoms with E-state index in [2.05, 4.69) is 0 Å². The van der Waals surface area contributed by atoms with Crippen molar-refractivity contribution in [2.24, 2.45) is 5.73 Å². The SMILES string of the molecule is NC1C(CO)OC(O)C(O)C1O. The van der Waals surface area contributed by atoms with Gasteiger partial charge in [-0.25, -0.2) is 0 Å². The van der Waals surface area contributed by atoms with Crippen LogP contribution >= 0.6 is 0 Å². The molecule has 12 heavy (non-hydrogen) atoms. The average Bonchev–Trinajstić information content (AvgIpc) is 2.08. The summed E-state index contributed by atoms with van der Waals surface area (Å²) >= 11 is 0. The molecule has 0 amide bonds. The van der Waals surface area contributed by atoms with Gasteiger partial charge in [0.2, 0.25) is 0 Å². The van der Waals surface area contributed by atoms with Crippen molar-refractivity contribution in [3.8, 4) is 0 Å². The molecule has 0 bridgehead atoms. The standard InChI is InChI=1S/C6H13NO5/c7-3-2(1-8)12-6(11)5(10)4(3)9/h2-6,8-11H,1,7H2. The van der Waals surface area contributed by atoms with Crippen LogP contribution in [0.3, 0.4) is 0 Å². The van der Waals surface area contributed by atoms with Crippen LogP contribution in [-0.4, -0.2) is 57.7 Å². The van der Waals surface area contributed by atoms with Crippen LogP contribution in [0, 0.1) is 0 Å². The third-order valence-corrected chi connectivity index (χ3v) is 1.96. The van der Waals surface area contributed by atoms with Crippen molar-refractivity contribution >= 4 is 0 Å². The van der Waals surface area contributed by atoms with E-state index in [9.17, 15) is 5.11 Å². The van der Waals surface area contributed by atoms with Gasteiger partial charge in [-0.1, -0.05) is 0 Å². The second kappa shape index (κ2) is 3.65. The topological polar surface area (TPSA) is 116 Å². The lowest BCUT2D eigenvalue weighted by Gasteiger charge is -2.38. The van der Waals surface area contributed by atoms with E-state index in [0.717, 1.165) is 0 Å². The molecule has 1 heterocycles. The van der Waals surface area contributed by atoms with Crippen molar-refractivity contribution in [3.63, 3.8) is 0 Å². The highest BCUT2D eigenvalue weighted by atomic mass is 16.6. The molecule has 1 rings (SSSR count). The van der Waals surface area contributed by atoms with E-state index < -0.39 is 37.3 Å². The Morgan fingerprint density at radius 2 is 1.75 bits per heavy atom. The van der Waals surface area contributed by atoms with Crippen molar-refractivity contribution < 1.29 is 25.2 Å². The van der Waals surface area contributed by atoms with E-state index in [1.165, 1.54) is 0 Å². The molecule has 0 radical (unpaired) electrons. The smallest absolute Gasteiger partial charge is 0.183 e. The summed E-state index contributed by atoms with van der Waals surface area (Å²) < 4.78 is 4.70. The number of rotatable bonds is 1. The molecule has 72 valence electrons. The quantitative estimate of drug-likeness (QED) is 0.288. The molecule has 1 saturated heterocycles. The molecule has 0 aliphatic carbocycles. The maximum absolute atomic E-state index is 9.19. The van der Waals surface area contributed by atoms with Gasteiger partial charge < -0.3 is 30.9 Å². The van der Waals surface area contributed by atoms with E-state index in [4.69, 9.17) is 25.8 Å². The Hall–Kier alpha value is -0.240. The molecule has 1 aliphatic rings. The van der Waals surface area contributed by atoms with Gasteiger partial charge in [-0.3, -0.25) is 0 Å². The van der Waals surface area contributed by atoms with Gasteiger partial charge >= 0.3 is 0 Å². The van der Waals surface area contributed by atoms with Gasteiger partial charge in [0, 0.05) is 0 Å². The average molecular weight is 179 g/mol. The Morgan fingerprint density at radius 1 is 1.17 bits per heavy atom. The lowest BCUT2D eigenvalue weighted by molar-refractivity contribution is -0.258. The second-order valence-electron chi connectivity index (χ2n) is 2.81. The van der Waals surface area contributed by atoms with E-state index in [1.807, 2.05) is 0 Å². The molecular formula is C6H13NO5. The van der Waals surface area contributed by atoms with Gasteiger partial charge in [-0.05, 0) is 0 Å². The molecular weight excluding hydrogens is 166 g/mol. The largest absolute Gasteiger partial charge is 0.394 e. The molecule has 1 aliphatic heterocycles. The highest BCUT2D eigenvalue weighted by molar-refractivity contribution is 4.90. The first-order valence-electron chi connectivity index (χ1n) is 3.64. The van der Waals surface area contributed by atoms with Crippen LogP contribution in [0.15, 0.2) is 0 Å². The normalized spacial score (nSPS) is 49.2. The maximum Gasteiger partial charge on any atom is 0.183 e. The van der Waals surface area contributed by atoms with Gasteiger partial charge in [-0.2, -0.15) is 0 Å². The fraction of sp³-hybridized carbons (Fsp3) is 1.00. The Morgan fingerprint density at radius 3 is 2.25 bits per heavy atom. The van der Waals surface area contributed by atoms with Crippen LogP contribution in [0.2, 0.25) is 0 Å². The molecule has 0 spiro atoms. The highest BCUT2D eigenvalue weighted by Gasteiger charge is 2.41. The Kier molecular flexibility index (Phi) is 2.99. The Balaban J connectivity index is 2.63. The number of nitrogens with two attached hydrogens (primary N) is 1. The van der Waals surface area contributed by atoms with Crippen molar-refractivity contribution in [3.05, 3.63) is 0 Å². The minimum absolute atomic E-state index is 0.401. The summed E-state index contributed by atoms with van der Waals surface area (Å²) in [6.45, 7) is -0.401. The molecule has 0 aromatic carbocycles. The monoisotopic (exact) mass is 179 g/mol. The summed E-state index contributed by atoms with van der Waals surface area (Å²) in [7, 11) is 0. The lowest BCUT2D eigenvalue weighted by Crippen LogP contribution is -2.61. The zero-order valence-corrected chi connectivity index (χ0v) is 6.37. The summed E-state index contributed by atoms with van der Waals surface area (Å²) in [5.41, 5.74) is 5.38. The molecule has 6 heteroatoms. The van der Waals surface area contributed by atoms with E-state index >= 15 is 0 Å². The molecule has 0 aromatic rings. The van der Waals surface area contributed by atoms with Gasteiger partial charge in [-0.15, -0.1) is 0 Å². The predicted molar refractivity (Wildman–Crippen MR) is 38.0 cm³/mol. The minimum Gasteiger partial charge on any atom is -0.394 e. The zero-order valence-electron chi connectivity index (χ0n) is 6.37. The van der Waals surface area contributed by atoms with Crippen LogP contribution in [0.25, 0.3) is 0 Å². The Bertz CT molecular complexity index is 150. The van der Waals surface area contributed by atoms with Crippen LogP contribution < -0.4 is 5.73 Å². The van der Waals surface area contributed by atoms with Gasteiger partial charge in [0.25, 0.3) is 0 Å². The van der Waals surface area contributed by atoms with E-state index in [-0.39, 0.29) is 0 Å². The lowest BCUT2D eigenvalue weighted by atomic mass is 9.98. The van der Waals surface area contributed by atoms with Crippen LogP contribution in [0.4, 0.5) is 0 Å². The molecule has 1 fully saturated rings. The van der Waals surface area contributed by atoms with Gasteiger partial charge in [0.1, 0.15) is 18.3 Å². The summed E-state index contributed by atoms with van der Waals surface area (Å²) in [5.74, 6) is 0. The van der Waals surface area contributed by atoms with Crippen molar-refractivity contribution in [2.45, 2.75) is 30.6 Å². The van der Waals surface area contributed by atoms with Crippen molar-refractivity contribution in [2.75, 3.05) is 6.61 Å². The number of aliphatic hydroxyl groups excluding tert-OH is 4. The maximum atomic E-state index is 9.19. The summed E-state index contributed by atoms with van der Waals surface area (Å²) in [6, 6.07) is -0.881. The third-order valence-electron chi connectivity index (χ3n) is 1.96. The summed E-state index contributed by atoms with van der Waals surface area (Å²) in [6.07, 6.45) is -5.01. The number of hydrogen-bond donors (Lipinski definition) is 5. The fourth-order valence-electron chi connectivity index (χ4n) is 1.13. The molecule has 0 saturated carbocycles. The Labute approximate surface area is 69.2 Å². The fourth-order valence-corrected chi connectivity index (χ4v) is 1.13. The van der Waals surface area contributed by atoms with E-state index in [0.29, 0.717) is 0 Å². The summed E-state index contributed by atoms with van der Waals surface area (Å²) in [5, 5.41) is 35.9. The van der Waals surface area contributed by atoms with E-state index in [1.54, 1.807) is 0 Å². The van der Waals surface area contributed by atoms with Gasteiger partial charge in [0.05, 0.1) is 12.6 Å². The van der Waals surface area contributed by atoms with Crippen LogP contribution in [0.1, 0.15) is 0 Å². The third kappa shape index (κ3) is 1.58. The minimum atomic E-state index is -1.49. The first kappa shape index (κ1) is 9.85. The molecule has 5 unspecified atom stereocenters. The number of aliphatic hydroxyl groups is 4. The summed E-state index contributed by atoms with van der Waals surface area (Å²) in [4.78, 5) is 0. The second-order valence-corrected chi connectivity index (χ2v) is 2.81. The molecule has 6 nitrogen and oxygen atoms in total. The van der Waals surface area contributed by atoms with Crippen LogP contribution in [0.5, 0.6) is 0 Å². The molecule has 5 atom stereocenters. The van der Waals surface area contributed by atoms with Gasteiger partial charge in [0.15, 0.2) is 6.29 Å².